The summed E-state index contributed by atoms with van der Waals surface area (Å²) in [7, 11) is 3.49. The van der Waals surface area contributed by atoms with Crippen molar-refractivity contribution in [3.8, 4) is 0 Å². The van der Waals surface area contributed by atoms with Crippen molar-refractivity contribution in [2.75, 3.05) is 33.9 Å². The lowest BCUT2D eigenvalue weighted by Gasteiger charge is -2.17. The Morgan fingerprint density at radius 2 is 2.20 bits per heavy atom. The second kappa shape index (κ2) is 7.38. The first-order valence-corrected chi connectivity index (χ1v) is 7.49. The van der Waals surface area contributed by atoms with Crippen LogP contribution in [0.5, 0.6) is 0 Å². The van der Waals surface area contributed by atoms with Gasteiger partial charge in [-0.1, -0.05) is 18.2 Å². The van der Waals surface area contributed by atoms with Gasteiger partial charge in [-0.3, -0.25) is 4.79 Å². The van der Waals surface area contributed by atoms with Gasteiger partial charge in [0.05, 0.1) is 13.2 Å². The molecule has 0 bridgehead atoms. The smallest absolute Gasteiger partial charge is 0.236 e. The van der Waals surface area contributed by atoms with Crippen LogP contribution >= 0.6 is 11.3 Å². The highest BCUT2D eigenvalue weighted by atomic mass is 32.1. The number of hydrogen-bond donors (Lipinski definition) is 1. The summed E-state index contributed by atoms with van der Waals surface area (Å²) in [6.45, 7) is 2.31. The highest BCUT2D eigenvalue weighted by molar-refractivity contribution is 7.17. The Morgan fingerprint density at radius 1 is 1.40 bits per heavy atom. The summed E-state index contributed by atoms with van der Waals surface area (Å²) < 4.78 is 6.20. The Kier molecular flexibility index (Phi) is 5.52. The van der Waals surface area contributed by atoms with Crippen LogP contribution in [0.4, 0.5) is 0 Å². The van der Waals surface area contributed by atoms with Gasteiger partial charge >= 0.3 is 0 Å². The summed E-state index contributed by atoms with van der Waals surface area (Å²) in [6.07, 6.45) is 0. The van der Waals surface area contributed by atoms with E-state index in [9.17, 15) is 4.79 Å². The molecule has 0 aliphatic carbocycles. The fourth-order valence-corrected chi connectivity index (χ4v) is 2.96. The van der Waals surface area contributed by atoms with E-state index in [1.807, 2.05) is 19.2 Å². The van der Waals surface area contributed by atoms with Crippen LogP contribution in [0.15, 0.2) is 29.6 Å². The van der Waals surface area contributed by atoms with E-state index < -0.39 is 0 Å². The van der Waals surface area contributed by atoms with E-state index in [1.54, 1.807) is 23.3 Å². The Hall–Kier alpha value is -1.43. The van der Waals surface area contributed by atoms with Gasteiger partial charge in [0.25, 0.3) is 0 Å². The highest BCUT2D eigenvalue weighted by Gasteiger charge is 2.11. The van der Waals surface area contributed by atoms with Crippen LogP contribution < -0.4 is 5.32 Å². The molecule has 5 heteroatoms. The average Bonchev–Trinajstić information content (AvgIpc) is 2.87. The SMILES string of the molecule is COCCNCC(=O)N(C)Cc1csc2ccccc12. The van der Waals surface area contributed by atoms with Crippen LogP contribution in [0.25, 0.3) is 10.1 Å². The Morgan fingerprint density at radius 3 is 3.00 bits per heavy atom. The van der Waals surface area contributed by atoms with Crippen LogP contribution in [0.3, 0.4) is 0 Å². The Bertz CT molecular complexity index is 568. The summed E-state index contributed by atoms with van der Waals surface area (Å²) in [5, 5.41) is 6.44. The molecule has 0 saturated heterocycles. The lowest BCUT2D eigenvalue weighted by Crippen LogP contribution is -2.36. The van der Waals surface area contributed by atoms with Crippen LogP contribution in [-0.2, 0) is 16.1 Å². The molecule has 0 fully saturated rings. The zero-order valence-corrected chi connectivity index (χ0v) is 12.7. The van der Waals surface area contributed by atoms with Crippen LogP contribution in [0.1, 0.15) is 5.56 Å². The van der Waals surface area contributed by atoms with Crippen molar-refractivity contribution >= 4 is 27.3 Å². The Labute approximate surface area is 123 Å². The van der Waals surface area contributed by atoms with Crippen molar-refractivity contribution in [1.82, 2.24) is 10.2 Å². The van der Waals surface area contributed by atoms with Gasteiger partial charge < -0.3 is 15.0 Å². The van der Waals surface area contributed by atoms with Gasteiger partial charge in [0.15, 0.2) is 0 Å². The van der Waals surface area contributed by atoms with Gasteiger partial charge in [-0.05, 0) is 22.4 Å². The van der Waals surface area contributed by atoms with Gasteiger partial charge in [-0.15, -0.1) is 11.3 Å². The molecule has 1 aromatic carbocycles. The van der Waals surface area contributed by atoms with Crippen LogP contribution in [-0.4, -0.2) is 44.7 Å². The number of hydrogen-bond acceptors (Lipinski definition) is 4. The molecule has 0 radical (unpaired) electrons. The fourth-order valence-electron chi connectivity index (χ4n) is 2.00. The molecule has 1 heterocycles. The van der Waals surface area contributed by atoms with Crippen molar-refractivity contribution in [2.24, 2.45) is 0 Å². The van der Waals surface area contributed by atoms with E-state index in [0.717, 1.165) is 0 Å². The summed E-state index contributed by atoms with van der Waals surface area (Å²) in [4.78, 5) is 13.8. The third kappa shape index (κ3) is 3.79. The molecule has 0 aliphatic rings. The normalized spacial score (nSPS) is 10.9. The zero-order valence-electron chi connectivity index (χ0n) is 11.9. The fraction of sp³-hybridized carbons (Fsp3) is 0.400. The lowest BCUT2D eigenvalue weighted by atomic mass is 10.2. The number of fused-ring (bicyclic) bond motifs is 1. The number of ether oxygens (including phenoxy) is 1. The number of benzene rings is 1. The number of amides is 1. The largest absolute Gasteiger partial charge is 0.383 e. The van der Waals surface area contributed by atoms with Gasteiger partial charge in [0, 0.05) is 31.9 Å². The molecule has 1 aromatic heterocycles. The number of thiophene rings is 1. The summed E-state index contributed by atoms with van der Waals surface area (Å²) in [6, 6.07) is 8.29. The van der Waals surface area contributed by atoms with E-state index in [4.69, 9.17) is 4.74 Å². The van der Waals surface area contributed by atoms with Crippen LogP contribution in [0, 0.1) is 0 Å². The van der Waals surface area contributed by atoms with E-state index in [-0.39, 0.29) is 5.91 Å². The minimum atomic E-state index is 0.0939. The minimum Gasteiger partial charge on any atom is -0.383 e. The van der Waals surface area contributed by atoms with E-state index >= 15 is 0 Å². The van der Waals surface area contributed by atoms with E-state index in [1.165, 1.54) is 15.6 Å². The first-order valence-electron chi connectivity index (χ1n) is 6.61. The van der Waals surface area contributed by atoms with Crippen molar-refractivity contribution in [3.63, 3.8) is 0 Å². The number of nitrogens with one attached hydrogen (secondary N) is 1. The van der Waals surface area contributed by atoms with Gasteiger partial charge in [0.2, 0.25) is 5.91 Å². The maximum Gasteiger partial charge on any atom is 0.236 e. The molecule has 20 heavy (non-hydrogen) atoms. The molecular formula is C15H20N2O2S. The Balaban J connectivity index is 1.90. The first kappa shape index (κ1) is 15.0. The molecular weight excluding hydrogens is 272 g/mol. The quantitative estimate of drug-likeness (QED) is 0.795. The predicted octanol–water partition coefficient (Wildman–Crippen LogP) is 2.10. The third-order valence-electron chi connectivity index (χ3n) is 3.15. The minimum absolute atomic E-state index is 0.0939. The average molecular weight is 292 g/mol. The summed E-state index contributed by atoms with van der Waals surface area (Å²) >= 11 is 1.72. The molecule has 2 rings (SSSR count). The van der Waals surface area contributed by atoms with Crippen molar-refractivity contribution in [2.45, 2.75) is 6.54 Å². The molecule has 0 unspecified atom stereocenters. The molecule has 2 aromatic rings. The third-order valence-corrected chi connectivity index (χ3v) is 4.17. The lowest BCUT2D eigenvalue weighted by molar-refractivity contribution is -0.129. The molecule has 0 spiro atoms. The molecule has 108 valence electrons. The van der Waals surface area contributed by atoms with Crippen molar-refractivity contribution < 1.29 is 9.53 Å². The standard InChI is InChI=1S/C15H20N2O2S/c1-17(15(18)9-16-7-8-19-2)10-12-11-20-14-6-4-3-5-13(12)14/h3-6,11,16H,7-10H2,1-2H3. The second-order valence-corrected chi connectivity index (χ2v) is 5.59. The maximum absolute atomic E-state index is 12.0. The maximum atomic E-state index is 12.0. The first-order chi connectivity index (χ1) is 9.72. The van der Waals surface area contributed by atoms with Gasteiger partial charge in [-0.2, -0.15) is 0 Å². The second-order valence-electron chi connectivity index (χ2n) is 4.68. The van der Waals surface area contributed by atoms with E-state index in [2.05, 4.69) is 22.8 Å². The number of methoxy groups -OCH3 is 1. The van der Waals surface area contributed by atoms with Crippen molar-refractivity contribution in [3.05, 3.63) is 35.2 Å². The highest BCUT2D eigenvalue weighted by Crippen LogP contribution is 2.26. The molecule has 4 nitrogen and oxygen atoms in total. The predicted molar refractivity (Wildman–Crippen MR) is 83.0 cm³/mol. The van der Waals surface area contributed by atoms with E-state index in [0.29, 0.717) is 26.2 Å². The van der Waals surface area contributed by atoms with Crippen molar-refractivity contribution in [1.29, 1.82) is 0 Å². The van der Waals surface area contributed by atoms with Gasteiger partial charge in [-0.25, -0.2) is 0 Å². The molecule has 1 amide bonds. The number of nitrogens with zero attached hydrogens (tertiary/aromatic N) is 1. The monoisotopic (exact) mass is 292 g/mol. The summed E-state index contributed by atoms with van der Waals surface area (Å²) in [5.74, 6) is 0.0939. The van der Waals surface area contributed by atoms with Crippen LogP contribution in [0.2, 0.25) is 0 Å². The number of rotatable bonds is 7. The zero-order chi connectivity index (χ0) is 14.4. The number of carbonyl (C=O) groups excluding carboxylic acids is 1. The molecule has 0 aliphatic heterocycles. The van der Waals surface area contributed by atoms with Gasteiger partial charge in [0.1, 0.15) is 0 Å². The number of carbonyl (C=O) groups is 1. The topological polar surface area (TPSA) is 41.6 Å². The molecule has 1 N–H and O–H groups in total. The molecule has 0 saturated carbocycles. The summed E-state index contributed by atoms with van der Waals surface area (Å²) in [5.41, 5.74) is 1.21. The number of likely N-dealkylation sites (N-methyl/N-ethyl adjacent to an activating group) is 1. The molecule has 0 atom stereocenters.